The minimum atomic E-state index is -1.18. The molecule has 0 bridgehead atoms. The Bertz CT molecular complexity index is 565. The van der Waals surface area contributed by atoms with Crippen molar-refractivity contribution in [2.45, 2.75) is 49.7 Å². The van der Waals surface area contributed by atoms with Gasteiger partial charge in [-0.1, -0.05) is 18.1 Å². The SMILES string of the molecule is O=C(C#CC1(O)CCC2(CC1)OCCO2)C1=CCC(F)C=C1. The van der Waals surface area contributed by atoms with E-state index in [2.05, 4.69) is 11.8 Å². The minimum Gasteiger partial charge on any atom is -0.378 e. The van der Waals surface area contributed by atoms with E-state index in [-0.39, 0.29) is 12.2 Å². The van der Waals surface area contributed by atoms with E-state index in [1.807, 2.05) is 0 Å². The van der Waals surface area contributed by atoms with Gasteiger partial charge in [0.25, 0.3) is 0 Å². The molecule has 0 amide bonds. The number of allylic oxidation sites excluding steroid dienone is 4. The van der Waals surface area contributed by atoms with E-state index in [0.717, 1.165) is 0 Å². The molecule has 3 rings (SSSR count). The predicted octanol–water partition coefficient (Wildman–Crippen LogP) is 1.83. The molecule has 0 aromatic heterocycles. The van der Waals surface area contributed by atoms with E-state index in [4.69, 9.17) is 9.47 Å². The molecule has 1 saturated heterocycles. The van der Waals surface area contributed by atoms with Gasteiger partial charge in [-0.3, -0.25) is 4.79 Å². The molecule has 0 aromatic carbocycles. The van der Waals surface area contributed by atoms with Gasteiger partial charge in [-0.25, -0.2) is 4.39 Å². The van der Waals surface area contributed by atoms with Crippen LogP contribution in [0.4, 0.5) is 4.39 Å². The Kier molecular flexibility index (Phi) is 4.18. The normalized spacial score (nSPS) is 28.8. The summed E-state index contributed by atoms with van der Waals surface area (Å²) in [5.74, 6) is 4.23. The lowest BCUT2D eigenvalue weighted by atomic mass is 9.81. The first kappa shape index (κ1) is 15.4. The summed E-state index contributed by atoms with van der Waals surface area (Å²) in [6.07, 6.45) is 5.46. The number of alkyl halides is 1. The molecular formula is C17H19FO4. The van der Waals surface area contributed by atoms with Gasteiger partial charge in [0.05, 0.1) is 13.2 Å². The quantitative estimate of drug-likeness (QED) is 0.593. The molecule has 0 aromatic rings. The van der Waals surface area contributed by atoms with Gasteiger partial charge in [0, 0.05) is 24.8 Å². The molecule has 4 nitrogen and oxygen atoms in total. The van der Waals surface area contributed by atoms with Gasteiger partial charge in [0.2, 0.25) is 5.78 Å². The lowest BCUT2D eigenvalue weighted by Gasteiger charge is -2.37. The molecule has 0 radical (unpaired) electrons. The van der Waals surface area contributed by atoms with Gasteiger partial charge >= 0.3 is 0 Å². The third-order valence-electron chi connectivity index (χ3n) is 4.37. The van der Waals surface area contributed by atoms with Crippen LogP contribution in [0.5, 0.6) is 0 Å². The van der Waals surface area contributed by atoms with Crippen molar-refractivity contribution in [3.05, 3.63) is 23.8 Å². The van der Waals surface area contributed by atoms with Crippen molar-refractivity contribution in [3.8, 4) is 11.8 Å². The van der Waals surface area contributed by atoms with Gasteiger partial charge < -0.3 is 14.6 Å². The fourth-order valence-electron chi connectivity index (χ4n) is 2.96. The van der Waals surface area contributed by atoms with Gasteiger partial charge in [0.1, 0.15) is 11.8 Å². The molecule has 1 heterocycles. The summed E-state index contributed by atoms with van der Waals surface area (Å²) in [6, 6.07) is 0. The number of aliphatic hydroxyl groups is 1. The zero-order valence-corrected chi connectivity index (χ0v) is 12.3. The zero-order chi connectivity index (χ0) is 15.6. The predicted molar refractivity (Wildman–Crippen MR) is 77.6 cm³/mol. The van der Waals surface area contributed by atoms with Gasteiger partial charge in [-0.2, -0.15) is 0 Å². The van der Waals surface area contributed by atoms with Crippen molar-refractivity contribution >= 4 is 5.78 Å². The summed E-state index contributed by atoms with van der Waals surface area (Å²) in [7, 11) is 0. The topological polar surface area (TPSA) is 55.8 Å². The van der Waals surface area contributed by atoms with Gasteiger partial charge in [0.15, 0.2) is 5.79 Å². The fourth-order valence-corrected chi connectivity index (χ4v) is 2.96. The smallest absolute Gasteiger partial charge is 0.235 e. The van der Waals surface area contributed by atoms with Crippen molar-refractivity contribution in [1.29, 1.82) is 0 Å². The van der Waals surface area contributed by atoms with Crippen LogP contribution >= 0.6 is 0 Å². The Morgan fingerprint density at radius 1 is 1.27 bits per heavy atom. The number of halogens is 1. The van der Waals surface area contributed by atoms with E-state index >= 15 is 0 Å². The standard InChI is InChI=1S/C17H19FO4/c18-14-3-1-13(2-4-14)15(19)5-6-16(20)7-9-17(10-8-16)21-11-12-22-17/h1-3,14,20H,4,7-12H2. The maximum atomic E-state index is 13.0. The van der Waals surface area contributed by atoms with Crippen LogP contribution in [-0.4, -0.2) is 41.7 Å². The van der Waals surface area contributed by atoms with E-state index in [1.165, 1.54) is 12.2 Å². The second-order valence-electron chi connectivity index (χ2n) is 5.99. The molecule has 5 heteroatoms. The number of carbonyl (C=O) groups is 1. The van der Waals surface area contributed by atoms with Crippen LogP contribution in [0.25, 0.3) is 0 Å². The van der Waals surface area contributed by atoms with Gasteiger partial charge in [-0.05, 0) is 24.8 Å². The summed E-state index contributed by atoms with van der Waals surface area (Å²) < 4.78 is 24.2. The number of ether oxygens (including phenoxy) is 2. The second-order valence-corrected chi connectivity index (χ2v) is 5.99. The maximum Gasteiger partial charge on any atom is 0.235 e. The van der Waals surface area contributed by atoms with Crippen LogP contribution < -0.4 is 0 Å². The molecule has 118 valence electrons. The summed E-state index contributed by atoms with van der Waals surface area (Å²) in [6.45, 7) is 1.16. The highest BCUT2D eigenvalue weighted by molar-refractivity contribution is 6.10. The average Bonchev–Trinajstić information content (AvgIpc) is 2.98. The molecule has 1 unspecified atom stereocenters. The first-order chi connectivity index (χ1) is 10.5. The van der Waals surface area contributed by atoms with Crippen LogP contribution in [0.1, 0.15) is 32.1 Å². The highest BCUT2D eigenvalue weighted by Gasteiger charge is 2.45. The number of hydrogen-bond donors (Lipinski definition) is 1. The number of ketones is 1. The molecule has 1 N–H and O–H groups in total. The van der Waals surface area contributed by atoms with Crippen LogP contribution in [0, 0.1) is 11.8 Å². The van der Waals surface area contributed by atoms with Crippen molar-refractivity contribution in [3.63, 3.8) is 0 Å². The molecule has 22 heavy (non-hydrogen) atoms. The van der Waals surface area contributed by atoms with E-state index in [0.29, 0.717) is 44.5 Å². The monoisotopic (exact) mass is 306 g/mol. The van der Waals surface area contributed by atoms with Crippen molar-refractivity contribution in [2.24, 2.45) is 0 Å². The molecule has 1 aliphatic heterocycles. The molecule has 3 aliphatic rings. The van der Waals surface area contributed by atoms with E-state index in [9.17, 15) is 14.3 Å². The van der Waals surface area contributed by atoms with Gasteiger partial charge in [-0.15, -0.1) is 0 Å². The van der Waals surface area contributed by atoms with Crippen molar-refractivity contribution < 1.29 is 23.8 Å². The average molecular weight is 306 g/mol. The molecule has 1 spiro atoms. The summed E-state index contributed by atoms with van der Waals surface area (Å²) >= 11 is 0. The summed E-state index contributed by atoms with van der Waals surface area (Å²) in [5.41, 5.74) is -0.794. The summed E-state index contributed by atoms with van der Waals surface area (Å²) in [4.78, 5) is 12.0. The van der Waals surface area contributed by atoms with Crippen LogP contribution in [0.3, 0.4) is 0 Å². The number of Topliss-reactive ketones (excluding diaryl/α,β-unsaturated/α-hetero) is 1. The Balaban J connectivity index is 1.61. The Morgan fingerprint density at radius 2 is 1.95 bits per heavy atom. The second kappa shape index (κ2) is 5.96. The van der Waals surface area contributed by atoms with Crippen LogP contribution in [0.15, 0.2) is 23.8 Å². The van der Waals surface area contributed by atoms with E-state index < -0.39 is 17.6 Å². The molecule has 1 saturated carbocycles. The Labute approximate surface area is 129 Å². The highest BCUT2D eigenvalue weighted by atomic mass is 19.1. The lowest BCUT2D eigenvalue weighted by molar-refractivity contribution is -0.195. The molecular weight excluding hydrogens is 287 g/mol. The van der Waals surface area contributed by atoms with Crippen molar-refractivity contribution in [1.82, 2.24) is 0 Å². The molecule has 2 fully saturated rings. The molecule has 2 aliphatic carbocycles. The number of hydrogen-bond acceptors (Lipinski definition) is 4. The lowest BCUT2D eigenvalue weighted by Crippen LogP contribution is -2.42. The highest BCUT2D eigenvalue weighted by Crippen LogP contribution is 2.39. The largest absolute Gasteiger partial charge is 0.378 e. The fraction of sp³-hybridized carbons (Fsp3) is 0.588. The van der Waals surface area contributed by atoms with Crippen molar-refractivity contribution in [2.75, 3.05) is 13.2 Å². The van der Waals surface area contributed by atoms with Crippen LogP contribution in [-0.2, 0) is 14.3 Å². The Hall–Kier alpha value is -1.48. The van der Waals surface area contributed by atoms with Crippen LogP contribution in [0.2, 0.25) is 0 Å². The first-order valence-electron chi connectivity index (χ1n) is 7.61. The minimum absolute atomic E-state index is 0.195. The summed E-state index contributed by atoms with van der Waals surface area (Å²) in [5, 5.41) is 10.5. The third-order valence-corrected chi connectivity index (χ3v) is 4.37. The Morgan fingerprint density at radius 3 is 2.55 bits per heavy atom. The maximum absolute atomic E-state index is 13.0. The third kappa shape index (κ3) is 3.30. The van der Waals surface area contributed by atoms with E-state index in [1.54, 1.807) is 6.08 Å². The first-order valence-corrected chi connectivity index (χ1v) is 7.61. The number of carbonyl (C=O) groups excluding carboxylic acids is 1. The molecule has 1 atom stereocenters. The number of rotatable bonds is 1. The zero-order valence-electron chi connectivity index (χ0n) is 12.3.